The molecule has 5 rings (SSSR count). The summed E-state index contributed by atoms with van der Waals surface area (Å²) in [6.45, 7) is 0. The highest BCUT2D eigenvalue weighted by molar-refractivity contribution is 8.99. The molecule has 4 aromatic rings. The second-order valence-corrected chi connectivity index (χ2v) is 17.3. The topological polar surface area (TPSA) is 9.23 Å². The lowest BCUT2D eigenvalue weighted by Gasteiger charge is -2.18. The molecule has 4 aromatic carbocycles. The third-order valence-corrected chi connectivity index (χ3v) is 13.6. The molecule has 29 heavy (non-hydrogen) atoms. The minimum absolute atomic E-state index is 0.0256. The quantitative estimate of drug-likeness (QED) is 0.289. The normalized spacial score (nSPS) is 24.0. The minimum atomic E-state index is -2.15. The van der Waals surface area contributed by atoms with Crippen molar-refractivity contribution in [2.75, 3.05) is 0 Å². The molecule has 1 aliphatic heterocycles. The van der Waals surface area contributed by atoms with Gasteiger partial charge in [-0.1, -0.05) is 114 Å². The fourth-order valence-electron chi connectivity index (χ4n) is 3.57. The molecule has 1 fully saturated rings. The van der Waals surface area contributed by atoms with Crippen LogP contribution in [0, 0.1) is 0 Å². The Morgan fingerprint density at radius 3 is 2.07 bits per heavy atom. The van der Waals surface area contributed by atoms with E-state index in [1.165, 1.54) is 26.8 Å². The molecule has 1 nitrogen and oxygen atoms in total. The van der Waals surface area contributed by atoms with Crippen molar-refractivity contribution < 1.29 is 4.52 Å². The van der Waals surface area contributed by atoms with Gasteiger partial charge in [0.1, 0.15) is 6.10 Å². The first kappa shape index (κ1) is 19.4. The van der Waals surface area contributed by atoms with E-state index in [9.17, 15) is 0 Å². The Bertz CT molecular complexity index is 1130. The maximum atomic E-state index is 6.67. The number of rotatable bonds is 4. The highest BCUT2D eigenvalue weighted by Crippen LogP contribution is 2.83. The minimum Gasteiger partial charge on any atom is -0.324 e. The molecule has 0 aliphatic carbocycles. The molecule has 0 spiro atoms. The van der Waals surface area contributed by atoms with E-state index in [2.05, 4.69) is 97.1 Å². The van der Waals surface area contributed by atoms with E-state index in [4.69, 9.17) is 16.3 Å². The van der Waals surface area contributed by atoms with Crippen molar-refractivity contribution in [1.29, 1.82) is 0 Å². The highest BCUT2D eigenvalue weighted by Gasteiger charge is 2.43. The summed E-state index contributed by atoms with van der Waals surface area (Å²) in [5.41, 5.74) is 2.47. The fourth-order valence-corrected chi connectivity index (χ4v) is 13.2. The highest BCUT2D eigenvalue weighted by atomic mass is 33.2. The van der Waals surface area contributed by atoms with Crippen molar-refractivity contribution in [3.8, 4) is 0 Å². The Labute approximate surface area is 184 Å². The fraction of sp³-hybridized carbons (Fsp3) is 0.0833. The van der Waals surface area contributed by atoms with E-state index in [0.29, 0.717) is 0 Å². The molecule has 1 aliphatic rings. The van der Waals surface area contributed by atoms with Crippen molar-refractivity contribution >= 4 is 50.0 Å². The molecule has 5 heteroatoms. The molecule has 0 amide bonds. The van der Waals surface area contributed by atoms with E-state index in [1.54, 1.807) is 11.4 Å². The van der Waals surface area contributed by atoms with Crippen molar-refractivity contribution in [2.45, 2.75) is 16.2 Å². The SMILES string of the molecule is S=P1(Sc2ccc3ccccc3c2)O[C@H](c2ccccc2)[C@H](c2ccccc2)S1. The van der Waals surface area contributed by atoms with E-state index in [1.807, 2.05) is 17.4 Å². The second kappa shape index (κ2) is 8.29. The molecule has 1 unspecified atom stereocenters. The van der Waals surface area contributed by atoms with Gasteiger partial charge in [-0.15, -0.1) is 0 Å². The van der Waals surface area contributed by atoms with Crippen LogP contribution in [0.15, 0.2) is 108 Å². The Balaban J connectivity index is 1.48. The average molecular weight is 451 g/mol. The molecule has 0 N–H and O–H groups in total. The molecular formula is C24H19OPS3. The standard InChI is InChI=1S/C24H19OPS3/c27-26(28-22-16-15-18-9-7-8-14-21(18)17-22)25-23(19-10-3-1-4-11-19)24(29-26)20-12-5-2-6-13-20/h1-17,23-24H/t23-,24+,26?/m1/s1. The lowest BCUT2D eigenvalue weighted by atomic mass is 10.0. The first-order chi connectivity index (χ1) is 14.2. The van der Waals surface area contributed by atoms with Gasteiger partial charge in [-0.3, -0.25) is 0 Å². The lowest BCUT2D eigenvalue weighted by Crippen LogP contribution is -2.04. The van der Waals surface area contributed by atoms with Crippen molar-refractivity contribution in [1.82, 2.24) is 0 Å². The van der Waals surface area contributed by atoms with Gasteiger partial charge in [-0.2, -0.15) is 0 Å². The van der Waals surface area contributed by atoms with Crippen LogP contribution in [0.25, 0.3) is 10.8 Å². The van der Waals surface area contributed by atoms with Crippen LogP contribution >= 0.6 is 27.4 Å². The largest absolute Gasteiger partial charge is 0.324 e. The van der Waals surface area contributed by atoms with Gasteiger partial charge in [-0.25, -0.2) is 0 Å². The Morgan fingerprint density at radius 2 is 1.34 bits per heavy atom. The molecule has 0 aromatic heterocycles. The molecule has 144 valence electrons. The van der Waals surface area contributed by atoms with Gasteiger partial charge >= 0.3 is 0 Å². The van der Waals surface area contributed by atoms with Crippen LogP contribution in [0.1, 0.15) is 22.5 Å². The van der Waals surface area contributed by atoms with Crippen molar-refractivity contribution in [2.24, 2.45) is 0 Å². The van der Waals surface area contributed by atoms with Crippen LogP contribution in [0.4, 0.5) is 0 Å². The molecule has 0 radical (unpaired) electrons. The number of hydrogen-bond acceptors (Lipinski definition) is 4. The Kier molecular flexibility index (Phi) is 5.55. The van der Waals surface area contributed by atoms with Gasteiger partial charge in [0.25, 0.3) is 0 Å². The second-order valence-electron chi connectivity index (χ2n) is 6.92. The molecule has 1 heterocycles. The van der Waals surface area contributed by atoms with Gasteiger partial charge < -0.3 is 4.52 Å². The summed E-state index contributed by atoms with van der Waals surface area (Å²) in [5.74, 6) is 0. The summed E-state index contributed by atoms with van der Waals surface area (Å²) < 4.78 is 4.52. The van der Waals surface area contributed by atoms with E-state index < -0.39 is 4.67 Å². The maximum absolute atomic E-state index is 6.67. The monoisotopic (exact) mass is 450 g/mol. The predicted octanol–water partition coefficient (Wildman–Crippen LogP) is 8.40. The van der Waals surface area contributed by atoms with E-state index in [0.717, 1.165) is 0 Å². The molecule has 0 saturated carbocycles. The van der Waals surface area contributed by atoms with Crippen LogP contribution < -0.4 is 0 Å². The lowest BCUT2D eigenvalue weighted by molar-refractivity contribution is 0.247. The van der Waals surface area contributed by atoms with Gasteiger partial charge in [0.15, 0.2) is 4.67 Å². The van der Waals surface area contributed by atoms with E-state index in [-0.39, 0.29) is 11.4 Å². The van der Waals surface area contributed by atoms with Crippen molar-refractivity contribution in [3.63, 3.8) is 0 Å². The van der Waals surface area contributed by atoms with E-state index >= 15 is 0 Å². The van der Waals surface area contributed by atoms with Crippen LogP contribution in [-0.2, 0) is 16.3 Å². The van der Waals surface area contributed by atoms with Gasteiger partial charge in [-0.05, 0) is 45.8 Å². The summed E-state index contributed by atoms with van der Waals surface area (Å²) in [4.78, 5) is 1.18. The molecule has 1 saturated heterocycles. The summed E-state index contributed by atoms with van der Waals surface area (Å²) in [5, 5.41) is 2.69. The zero-order valence-corrected chi connectivity index (χ0v) is 18.9. The summed E-state index contributed by atoms with van der Waals surface area (Å²) in [6.07, 6.45) is -0.0256. The van der Waals surface area contributed by atoms with Gasteiger partial charge in [0.2, 0.25) is 0 Å². The summed E-state index contributed by atoms with van der Waals surface area (Å²) in [7, 11) is 0. The third kappa shape index (κ3) is 4.19. The summed E-state index contributed by atoms with van der Waals surface area (Å²) in [6, 6.07) is 36.1. The van der Waals surface area contributed by atoms with Gasteiger partial charge in [0.05, 0.1) is 5.25 Å². The molecular weight excluding hydrogens is 431 g/mol. The zero-order chi connectivity index (χ0) is 19.7. The average Bonchev–Trinajstić information content (AvgIpc) is 3.12. The first-order valence-corrected chi connectivity index (χ1v) is 15.1. The Hall–Kier alpha value is -1.55. The third-order valence-electron chi connectivity index (χ3n) is 4.95. The molecule has 0 bridgehead atoms. The van der Waals surface area contributed by atoms with Crippen LogP contribution in [-0.4, -0.2) is 0 Å². The predicted molar refractivity (Wildman–Crippen MR) is 131 cm³/mol. The van der Waals surface area contributed by atoms with Gasteiger partial charge in [0, 0.05) is 4.90 Å². The number of benzene rings is 4. The Morgan fingerprint density at radius 1 is 0.724 bits per heavy atom. The number of hydrogen-bond donors (Lipinski definition) is 0. The van der Waals surface area contributed by atoms with Crippen LogP contribution in [0.2, 0.25) is 0 Å². The van der Waals surface area contributed by atoms with Crippen LogP contribution in [0.5, 0.6) is 0 Å². The number of fused-ring (bicyclic) bond motifs is 1. The maximum Gasteiger partial charge on any atom is 0.180 e. The van der Waals surface area contributed by atoms with Crippen LogP contribution in [0.3, 0.4) is 0 Å². The zero-order valence-electron chi connectivity index (χ0n) is 15.5. The molecule has 3 atom stereocenters. The first-order valence-electron chi connectivity index (χ1n) is 9.45. The van der Waals surface area contributed by atoms with Crippen molar-refractivity contribution in [3.05, 3.63) is 114 Å². The summed E-state index contributed by atoms with van der Waals surface area (Å²) >= 11 is 9.71. The smallest absolute Gasteiger partial charge is 0.180 e.